The zero-order chi connectivity index (χ0) is 18.4. The number of benzene rings is 1. The molecule has 0 bridgehead atoms. The van der Waals surface area contributed by atoms with E-state index in [-0.39, 0.29) is 12.5 Å². The van der Waals surface area contributed by atoms with Gasteiger partial charge in [-0.1, -0.05) is 11.8 Å². The predicted octanol–water partition coefficient (Wildman–Crippen LogP) is 2.35. The van der Waals surface area contributed by atoms with Crippen LogP contribution < -0.4 is 4.74 Å². The van der Waals surface area contributed by atoms with E-state index in [1.54, 1.807) is 36.9 Å². The molecule has 5 nitrogen and oxygen atoms in total. The van der Waals surface area contributed by atoms with Crippen molar-refractivity contribution >= 4 is 17.7 Å². The highest BCUT2D eigenvalue weighted by molar-refractivity contribution is 7.99. The van der Waals surface area contributed by atoms with Gasteiger partial charge < -0.3 is 14.7 Å². The number of fused-ring (bicyclic) bond motifs is 1. The molecule has 1 amide bonds. The van der Waals surface area contributed by atoms with Crippen LogP contribution in [0.5, 0.6) is 5.75 Å². The van der Waals surface area contributed by atoms with Crippen LogP contribution in [0.4, 0.5) is 8.78 Å². The highest BCUT2D eigenvalue weighted by Gasteiger charge is 2.47. The number of alkyl halides is 2. The van der Waals surface area contributed by atoms with Crippen LogP contribution in [0.2, 0.25) is 0 Å². The van der Waals surface area contributed by atoms with E-state index in [0.29, 0.717) is 41.1 Å². The lowest BCUT2D eigenvalue weighted by atomic mass is 9.85. The van der Waals surface area contributed by atoms with Gasteiger partial charge in [-0.15, -0.1) is 0 Å². The molecule has 0 spiro atoms. The fourth-order valence-electron chi connectivity index (χ4n) is 3.36. The molecule has 2 aliphatic heterocycles. The normalized spacial score (nSPS) is 26.5. The Kier molecular flexibility index (Phi) is 4.96. The van der Waals surface area contributed by atoms with E-state index in [2.05, 4.69) is 0 Å². The quantitative estimate of drug-likeness (QED) is 0.826. The zero-order valence-corrected chi connectivity index (χ0v) is 15.2. The molecule has 0 unspecified atom stereocenters. The second-order valence-electron chi connectivity index (χ2n) is 7.00. The van der Waals surface area contributed by atoms with Crippen molar-refractivity contribution in [3.63, 3.8) is 0 Å². The number of likely N-dealkylation sites (N-methyl/N-ethyl adjacent to an activating group) is 1. The van der Waals surface area contributed by atoms with E-state index in [4.69, 9.17) is 4.74 Å². The molecule has 138 valence electrons. The molecule has 1 aromatic rings. The molecule has 1 N–H and O–H groups in total. The van der Waals surface area contributed by atoms with E-state index in [1.165, 1.54) is 0 Å². The molecule has 1 fully saturated rings. The Morgan fingerprint density at radius 1 is 1.36 bits per heavy atom. The number of halogens is 2. The molecule has 2 heterocycles. The third-order valence-corrected chi connectivity index (χ3v) is 5.40. The summed E-state index contributed by atoms with van der Waals surface area (Å²) < 4.78 is 31.3. The number of thioether (sulfide) groups is 1. The lowest BCUT2D eigenvalue weighted by Crippen LogP contribution is -2.58. The monoisotopic (exact) mass is 372 g/mol. The Hall–Kier alpha value is -1.38. The number of aliphatic hydroxyl groups is 1. The number of nitrogens with zero attached hydrogens (tertiary/aromatic N) is 2. The maximum Gasteiger partial charge on any atom is 0.288 e. The van der Waals surface area contributed by atoms with Gasteiger partial charge in [-0.25, -0.2) is 0 Å². The molecule has 0 saturated carbocycles. The maximum absolute atomic E-state index is 12.7. The van der Waals surface area contributed by atoms with Crippen LogP contribution in [0.1, 0.15) is 25.5 Å². The molecule has 0 radical (unpaired) electrons. The van der Waals surface area contributed by atoms with Gasteiger partial charge in [-0.2, -0.15) is 8.78 Å². The fraction of sp³-hybridized carbons (Fsp3) is 0.588. The van der Waals surface area contributed by atoms with Crippen LogP contribution in [0, 0.1) is 0 Å². The third kappa shape index (κ3) is 3.61. The van der Waals surface area contributed by atoms with Crippen molar-refractivity contribution in [1.82, 2.24) is 9.80 Å². The molecule has 8 heteroatoms. The van der Waals surface area contributed by atoms with Crippen molar-refractivity contribution < 1.29 is 23.4 Å². The molecule has 2 aliphatic rings. The van der Waals surface area contributed by atoms with E-state index < -0.39 is 23.5 Å². The summed E-state index contributed by atoms with van der Waals surface area (Å²) >= 11 is 0.440. The first kappa shape index (κ1) is 18.4. The van der Waals surface area contributed by atoms with Gasteiger partial charge in [0.05, 0.1) is 12.6 Å². The largest absolute Gasteiger partial charge is 0.485 e. The molecular formula is C17H22F2N2O3S. The van der Waals surface area contributed by atoms with Gasteiger partial charge in [0, 0.05) is 23.5 Å². The minimum atomic E-state index is -2.53. The fourth-order valence-corrected chi connectivity index (χ4v) is 3.90. The van der Waals surface area contributed by atoms with Gasteiger partial charge in [0.2, 0.25) is 5.91 Å². The van der Waals surface area contributed by atoms with E-state index in [9.17, 15) is 18.7 Å². The van der Waals surface area contributed by atoms with E-state index >= 15 is 0 Å². The second-order valence-corrected chi connectivity index (χ2v) is 8.06. The summed E-state index contributed by atoms with van der Waals surface area (Å²) in [5.74, 6) is -2.10. The van der Waals surface area contributed by atoms with E-state index in [0.717, 1.165) is 0 Å². The first-order valence-electron chi connectivity index (χ1n) is 8.13. The number of carbonyl (C=O) groups is 1. The second kappa shape index (κ2) is 6.74. The van der Waals surface area contributed by atoms with Gasteiger partial charge in [0.25, 0.3) is 5.76 Å². The molecule has 2 atom stereocenters. The predicted molar refractivity (Wildman–Crippen MR) is 91.0 cm³/mol. The Bertz CT molecular complexity index is 671. The van der Waals surface area contributed by atoms with Gasteiger partial charge in [0.1, 0.15) is 17.5 Å². The van der Waals surface area contributed by atoms with Gasteiger partial charge in [0.15, 0.2) is 0 Å². The molecule has 0 aliphatic carbocycles. The van der Waals surface area contributed by atoms with Gasteiger partial charge in [-0.05, 0) is 39.1 Å². The smallest absolute Gasteiger partial charge is 0.288 e. The molecule has 25 heavy (non-hydrogen) atoms. The summed E-state index contributed by atoms with van der Waals surface area (Å²) in [6.07, 6.45) is -0.959. The number of carbonyl (C=O) groups excluding carboxylic acids is 1. The Labute approximate surface area is 149 Å². The minimum Gasteiger partial charge on any atom is -0.485 e. The number of amides is 1. The number of aliphatic hydroxyl groups excluding tert-OH is 1. The average molecular weight is 372 g/mol. The number of ether oxygens (including phenoxy) is 1. The molecule has 3 rings (SSSR count). The summed E-state index contributed by atoms with van der Waals surface area (Å²) in [6.45, 7) is 4.95. The molecule has 0 aromatic heterocycles. The van der Waals surface area contributed by atoms with Crippen molar-refractivity contribution in [3.8, 4) is 5.75 Å². The summed E-state index contributed by atoms with van der Waals surface area (Å²) in [7, 11) is 1.87. The van der Waals surface area contributed by atoms with Crippen molar-refractivity contribution in [2.24, 2.45) is 0 Å². The van der Waals surface area contributed by atoms with Crippen LogP contribution in [-0.2, 0) is 4.79 Å². The lowest BCUT2D eigenvalue weighted by Gasteiger charge is -2.48. The van der Waals surface area contributed by atoms with Crippen LogP contribution in [0.3, 0.4) is 0 Å². The average Bonchev–Trinajstić information content (AvgIpc) is 2.50. The number of rotatable bonds is 3. The third-order valence-electron chi connectivity index (χ3n) is 4.69. The summed E-state index contributed by atoms with van der Waals surface area (Å²) in [5, 5.41) is 10.9. The Morgan fingerprint density at radius 2 is 2.08 bits per heavy atom. The highest BCUT2D eigenvalue weighted by atomic mass is 32.2. The highest BCUT2D eigenvalue weighted by Crippen LogP contribution is 2.45. The van der Waals surface area contributed by atoms with Crippen molar-refractivity contribution in [2.75, 3.05) is 26.7 Å². The summed E-state index contributed by atoms with van der Waals surface area (Å²) in [5.41, 5.74) is -0.311. The van der Waals surface area contributed by atoms with Crippen molar-refractivity contribution in [3.05, 3.63) is 23.8 Å². The van der Waals surface area contributed by atoms with Crippen LogP contribution >= 0.6 is 11.8 Å². The summed E-state index contributed by atoms with van der Waals surface area (Å²) in [4.78, 5) is 16.5. The first-order chi connectivity index (χ1) is 11.7. The maximum atomic E-state index is 12.7. The lowest BCUT2D eigenvalue weighted by molar-refractivity contribution is -0.149. The van der Waals surface area contributed by atoms with Crippen molar-refractivity contribution in [2.45, 2.75) is 42.2 Å². The first-order valence-corrected chi connectivity index (χ1v) is 9.01. The SMILES string of the molecule is CN1CCN([C@@H]2c3cc(SC(F)F)ccc3OC(C)(C)[C@H]2O)C(=O)C1. The number of hydrogen-bond acceptors (Lipinski definition) is 5. The van der Waals surface area contributed by atoms with Gasteiger partial charge in [-0.3, -0.25) is 9.69 Å². The van der Waals surface area contributed by atoms with Gasteiger partial charge >= 0.3 is 0 Å². The number of hydrogen-bond donors (Lipinski definition) is 1. The number of piperazine rings is 1. The molecule has 1 aromatic carbocycles. The zero-order valence-electron chi connectivity index (χ0n) is 14.4. The van der Waals surface area contributed by atoms with Crippen LogP contribution in [0.15, 0.2) is 23.1 Å². The van der Waals surface area contributed by atoms with Crippen LogP contribution in [-0.4, -0.2) is 65.0 Å². The summed E-state index contributed by atoms with van der Waals surface area (Å²) in [6, 6.07) is 4.20. The Balaban J connectivity index is 2.02. The minimum absolute atomic E-state index is 0.0895. The van der Waals surface area contributed by atoms with Crippen LogP contribution in [0.25, 0.3) is 0 Å². The van der Waals surface area contributed by atoms with Crippen molar-refractivity contribution in [1.29, 1.82) is 0 Å². The standard InChI is InChI=1S/C17H22F2N2O3S/c1-17(2)15(23)14(21-7-6-20(3)9-13(21)22)11-8-10(25-16(18)19)4-5-12(11)24-17/h4-5,8,14-16,23H,6-7,9H2,1-3H3/t14-,15+/m1/s1. The molecule has 1 saturated heterocycles. The topological polar surface area (TPSA) is 53.0 Å². The molecular weight excluding hydrogens is 350 g/mol. The van der Waals surface area contributed by atoms with E-state index in [1.807, 2.05) is 11.9 Å². The Morgan fingerprint density at radius 3 is 2.72 bits per heavy atom.